The topological polar surface area (TPSA) is 79.4 Å². The molecular formula is C21H22ClN3O3S2. The van der Waals surface area contributed by atoms with Crippen LogP contribution in [0.1, 0.15) is 11.1 Å². The molecule has 0 aliphatic heterocycles. The lowest BCUT2D eigenvalue weighted by Crippen LogP contribution is -2.22. The maximum atomic E-state index is 12.4. The molecule has 0 radical (unpaired) electrons. The minimum absolute atomic E-state index is 0.155. The molecule has 0 saturated carbocycles. The molecule has 1 heterocycles. The Balaban J connectivity index is 1.77. The smallest absolute Gasteiger partial charge is 0.242 e. The maximum absolute atomic E-state index is 12.4. The number of pyridine rings is 1. The number of thioether (sulfide) groups is 1. The van der Waals surface area contributed by atoms with E-state index in [4.69, 9.17) is 11.6 Å². The highest BCUT2D eigenvalue weighted by atomic mass is 35.5. The van der Waals surface area contributed by atoms with Gasteiger partial charge in [-0.2, -0.15) is 0 Å². The minimum Gasteiger partial charge on any atom is -0.325 e. The van der Waals surface area contributed by atoms with Crippen molar-refractivity contribution in [1.82, 2.24) is 9.29 Å². The number of anilines is 1. The van der Waals surface area contributed by atoms with Crippen molar-refractivity contribution in [2.45, 2.75) is 23.8 Å². The van der Waals surface area contributed by atoms with E-state index in [0.717, 1.165) is 16.5 Å². The van der Waals surface area contributed by atoms with Crippen molar-refractivity contribution >= 4 is 55.9 Å². The predicted molar refractivity (Wildman–Crippen MR) is 123 cm³/mol. The van der Waals surface area contributed by atoms with Crippen LogP contribution in [0.3, 0.4) is 0 Å². The number of carbonyl (C=O) groups is 1. The standard InChI is InChI=1S/C21H22ClN3O3S2/c1-13-10-21(29-12-20(26)23-18-7-5-6-17(22)14(18)2)24-19-9-8-15(11-16(13)19)30(27,28)25(3)4/h5-11H,12H2,1-4H3,(H,23,26). The second kappa shape index (κ2) is 8.93. The van der Waals surface area contributed by atoms with E-state index < -0.39 is 10.0 Å². The van der Waals surface area contributed by atoms with Gasteiger partial charge in [0.1, 0.15) is 0 Å². The Bertz CT molecular complexity index is 1230. The van der Waals surface area contributed by atoms with Gasteiger partial charge in [0.25, 0.3) is 0 Å². The first-order chi connectivity index (χ1) is 14.1. The number of hydrogen-bond acceptors (Lipinski definition) is 5. The Hall–Kier alpha value is -2.13. The first-order valence-corrected chi connectivity index (χ1v) is 11.9. The summed E-state index contributed by atoms with van der Waals surface area (Å²) in [6.07, 6.45) is 0. The van der Waals surface area contributed by atoms with Crippen LogP contribution in [0.25, 0.3) is 10.9 Å². The first-order valence-electron chi connectivity index (χ1n) is 9.11. The Morgan fingerprint density at radius 1 is 1.17 bits per heavy atom. The number of nitrogens with one attached hydrogen (secondary N) is 1. The van der Waals surface area contributed by atoms with E-state index in [1.807, 2.05) is 26.0 Å². The fourth-order valence-electron chi connectivity index (χ4n) is 2.86. The first kappa shape index (κ1) is 22.6. The van der Waals surface area contributed by atoms with E-state index in [1.165, 1.54) is 30.2 Å². The van der Waals surface area contributed by atoms with Crippen molar-refractivity contribution in [3.8, 4) is 0 Å². The number of aromatic nitrogens is 1. The number of benzene rings is 2. The molecule has 1 N–H and O–H groups in total. The van der Waals surface area contributed by atoms with Crippen molar-refractivity contribution in [2.24, 2.45) is 0 Å². The zero-order chi connectivity index (χ0) is 22.1. The summed E-state index contributed by atoms with van der Waals surface area (Å²) in [5.74, 6) is 0.0362. The molecule has 0 aliphatic rings. The van der Waals surface area contributed by atoms with Crippen LogP contribution < -0.4 is 5.32 Å². The summed E-state index contributed by atoms with van der Waals surface area (Å²) in [5, 5.41) is 4.92. The van der Waals surface area contributed by atoms with Crippen LogP contribution in [-0.4, -0.2) is 43.5 Å². The monoisotopic (exact) mass is 463 g/mol. The van der Waals surface area contributed by atoms with Gasteiger partial charge in [0, 0.05) is 30.2 Å². The maximum Gasteiger partial charge on any atom is 0.242 e. The number of amides is 1. The lowest BCUT2D eigenvalue weighted by molar-refractivity contribution is -0.113. The number of hydrogen-bond donors (Lipinski definition) is 1. The summed E-state index contributed by atoms with van der Waals surface area (Å²) in [6.45, 7) is 3.75. The molecule has 0 bridgehead atoms. The van der Waals surface area contributed by atoms with Gasteiger partial charge in [-0.05, 0) is 61.4 Å². The molecule has 6 nitrogen and oxygen atoms in total. The second-order valence-electron chi connectivity index (χ2n) is 6.99. The zero-order valence-corrected chi connectivity index (χ0v) is 19.5. The summed E-state index contributed by atoms with van der Waals surface area (Å²) in [5.41, 5.74) is 3.08. The minimum atomic E-state index is -3.52. The van der Waals surface area contributed by atoms with E-state index in [-0.39, 0.29) is 16.6 Å². The number of sulfonamides is 1. The number of rotatable bonds is 6. The van der Waals surface area contributed by atoms with Gasteiger partial charge in [0.15, 0.2) is 0 Å². The van der Waals surface area contributed by atoms with Gasteiger partial charge in [-0.1, -0.05) is 29.4 Å². The molecule has 9 heteroatoms. The number of aryl methyl sites for hydroxylation is 1. The molecule has 30 heavy (non-hydrogen) atoms. The molecule has 0 aliphatic carbocycles. The fraction of sp³-hybridized carbons (Fsp3) is 0.238. The van der Waals surface area contributed by atoms with Crippen molar-refractivity contribution in [3.63, 3.8) is 0 Å². The number of nitrogens with zero attached hydrogens (tertiary/aromatic N) is 2. The highest BCUT2D eigenvalue weighted by molar-refractivity contribution is 7.99. The average Bonchev–Trinajstić information content (AvgIpc) is 2.69. The summed E-state index contributed by atoms with van der Waals surface area (Å²) < 4.78 is 25.9. The van der Waals surface area contributed by atoms with Gasteiger partial charge in [-0.15, -0.1) is 0 Å². The lowest BCUT2D eigenvalue weighted by Gasteiger charge is -2.13. The van der Waals surface area contributed by atoms with E-state index in [2.05, 4.69) is 10.3 Å². The van der Waals surface area contributed by atoms with Crippen LogP contribution in [0.4, 0.5) is 5.69 Å². The highest BCUT2D eigenvalue weighted by Gasteiger charge is 2.18. The molecule has 3 aromatic rings. The number of carbonyl (C=O) groups excluding carboxylic acids is 1. The molecule has 2 aromatic carbocycles. The van der Waals surface area contributed by atoms with Crippen molar-refractivity contribution in [2.75, 3.05) is 25.2 Å². The largest absolute Gasteiger partial charge is 0.325 e. The summed E-state index contributed by atoms with van der Waals surface area (Å²) in [7, 11) is -0.514. The zero-order valence-electron chi connectivity index (χ0n) is 17.1. The molecule has 0 saturated heterocycles. The Morgan fingerprint density at radius 2 is 1.90 bits per heavy atom. The Kier molecular flexibility index (Phi) is 6.71. The quantitative estimate of drug-likeness (QED) is 0.545. The van der Waals surface area contributed by atoms with Crippen molar-refractivity contribution in [3.05, 3.63) is 58.6 Å². The van der Waals surface area contributed by atoms with Gasteiger partial charge < -0.3 is 5.32 Å². The summed E-state index contributed by atoms with van der Waals surface area (Å²) in [6, 6.07) is 12.1. The predicted octanol–water partition coefficient (Wildman–Crippen LogP) is 4.49. The summed E-state index contributed by atoms with van der Waals surface area (Å²) >= 11 is 7.41. The molecule has 0 atom stereocenters. The molecular weight excluding hydrogens is 442 g/mol. The normalized spacial score (nSPS) is 11.8. The van der Waals surface area contributed by atoms with Crippen LogP contribution in [0.15, 0.2) is 52.4 Å². The molecule has 0 fully saturated rings. The van der Waals surface area contributed by atoms with E-state index in [0.29, 0.717) is 21.3 Å². The van der Waals surface area contributed by atoms with E-state index >= 15 is 0 Å². The van der Waals surface area contributed by atoms with E-state index in [9.17, 15) is 13.2 Å². The SMILES string of the molecule is Cc1c(Cl)cccc1NC(=O)CSc1cc(C)c2cc(S(=O)(=O)N(C)C)ccc2n1. The van der Waals surface area contributed by atoms with E-state index in [1.54, 1.807) is 30.3 Å². The lowest BCUT2D eigenvalue weighted by atomic mass is 10.1. The Morgan fingerprint density at radius 3 is 2.60 bits per heavy atom. The van der Waals surface area contributed by atoms with Gasteiger partial charge >= 0.3 is 0 Å². The van der Waals surface area contributed by atoms with Crippen LogP contribution in [0.2, 0.25) is 5.02 Å². The summed E-state index contributed by atoms with van der Waals surface area (Å²) in [4.78, 5) is 17.1. The van der Waals surface area contributed by atoms with Gasteiger partial charge in [-0.25, -0.2) is 17.7 Å². The van der Waals surface area contributed by atoms with Crippen LogP contribution in [0.5, 0.6) is 0 Å². The van der Waals surface area contributed by atoms with Crippen LogP contribution in [0, 0.1) is 13.8 Å². The van der Waals surface area contributed by atoms with Crippen LogP contribution in [-0.2, 0) is 14.8 Å². The van der Waals surface area contributed by atoms with Gasteiger partial charge in [0.05, 0.1) is 21.2 Å². The molecule has 1 aromatic heterocycles. The average molecular weight is 464 g/mol. The number of fused-ring (bicyclic) bond motifs is 1. The Labute approximate surface area is 185 Å². The third kappa shape index (κ3) is 4.78. The molecule has 0 spiro atoms. The molecule has 3 rings (SSSR count). The van der Waals surface area contributed by atoms with Gasteiger partial charge in [-0.3, -0.25) is 4.79 Å². The molecule has 0 unspecified atom stereocenters. The molecule has 1 amide bonds. The van der Waals surface area contributed by atoms with Crippen LogP contribution >= 0.6 is 23.4 Å². The molecule has 158 valence electrons. The van der Waals surface area contributed by atoms with Crippen molar-refractivity contribution < 1.29 is 13.2 Å². The third-order valence-electron chi connectivity index (χ3n) is 4.63. The second-order valence-corrected chi connectivity index (χ2v) is 10.5. The highest BCUT2D eigenvalue weighted by Crippen LogP contribution is 2.27. The third-order valence-corrected chi connectivity index (χ3v) is 7.77. The number of halogens is 1. The van der Waals surface area contributed by atoms with Crippen molar-refractivity contribution in [1.29, 1.82) is 0 Å². The van der Waals surface area contributed by atoms with Gasteiger partial charge in [0.2, 0.25) is 15.9 Å². The fourth-order valence-corrected chi connectivity index (χ4v) is 4.73.